The predicted octanol–water partition coefficient (Wildman–Crippen LogP) is 5.60. The van der Waals surface area contributed by atoms with E-state index in [1.807, 2.05) is 53.7 Å². The summed E-state index contributed by atoms with van der Waals surface area (Å²) in [6, 6.07) is 10.9. The molecular formula is C22H30O4. The average Bonchev–Trinajstić information content (AvgIpc) is 2.70. The molecule has 26 heavy (non-hydrogen) atoms. The lowest BCUT2D eigenvalue weighted by atomic mass is 9.94. The van der Waals surface area contributed by atoms with E-state index in [-0.39, 0.29) is 11.9 Å². The van der Waals surface area contributed by atoms with Crippen LogP contribution in [0.25, 0.3) is 11.1 Å². The summed E-state index contributed by atoms with van der Waals surface area (Å²) in [4.78, 5) is 23.1. The maximum Gasteiger partial charge on any atom is 0.337 e. The fraction of sp³-hybridized carbons (Fsp3) is 0.364. The van der Waals surface area contributed by atoms with E-state index in [1.165, 1.54) is 14.2 Å². The molecule has 0 aliphatic heterocycles. The van der Waals surface area contributed by atoms with Gasteiger partial charge in [0, 0.05) is 0 Å². The Balaban J connectivity index is 0.00000146. The van der Waals surface area contributed by atoms with Gasteiger partial charge in [-0.2, -0.15) is 0 Å². The quantitative estimate of drug-likeness (QED) is 0.671. The molecule has 0 aromatic heterocycles. The largest absolute Gasteiger partial charge is 0.465 e. The Morgan fingerprint density at radius 2 is 0.962 bits per heavy atom. The molecule has 0 amide bonds. The van der Waals surface area contributed by atoms with Gasteiger partial charge in [-0.3, -0.25) is 0 Å². The molecule has 4 nitrogen and oxygen atoms in total. The van der Waals surface area contributed by atoms with Crippen LogP contribution in [0.15, 0.2) is 36.4 Å². The average molecular weight is 358 g/mol. The second-order valence-electron chi connectivity index (χ2n) is 5.04. The summed E-state index contributed by atoms with van der Waals surface area (Å²) < 4.78 is 9.45. The van der Waals surface area contributed by atoms with Crippen molar-refractivity contribution in [3.05, 3.63) is 58.7 Å². The third kappa shape index (κ3) is 5.73. The van der Waals surface area contributed by atoms with Gasteiger partial charge in [-0.1, -0.05) is 39.8 Å². The molecule has 2 rings (SSSR count). The van der Waals surface area contributed by atoms with Gasteiger partial charge in [0.15, 0.2) is 0 Å². The molecule has 0 aliphatic carbocycles. The van der Waals surface area contributed by atoms with E-state index < -0.39 is 0 Å². The number of carbonyl (C=O) groups is 2. The summed E-state index contributed by atoms with van der Waals surface area (Å²) >= 11 is 0. The number of hydrogen-bond donors (Lipinski definition) is 0. The zero-order chi connectivity index (χ0) is 20.3. The molecule has 142 valence electrons. The summed E-state index contributed by atoms with van der Waals surface area (Å²) in [5.74, 6) is -0.708. The van der Waals surface area contributed by atoms with Crippen LogP contribution in [0.5, 0.6) is 0 Å². The number of esters is 2. The van der Waals surface area contributed by atoms with Gasteiger partial charge in [0.2, 0.25) is 0 Å². The molecule has 0 saturated heterocycles. The first kappa shape index (κ1) is 23.4. The summed E-state index contributed by atoms with van der Waals surface area (Å²) in [5.41, 5.74) is 5.01. The first-order valence-corrected chi connectivity index (χ1v) is 8.86. The van der Waals surface area contributed by atoms with E-state index in [4.69, 9.17) is 9.47 Å². The van der Waals surface area contributed by atoms with E-state index in [0.29, 0.717) is 11.1 Å². The minimum atomic E-state index is -0.354. The van der Waals surface area contributed by atoms with Gasteiger partial charge >= 0.3 is 11.9 Å². The lowest BCUT2D eigenvalue weighted by Gasteiger charge is -2.12. The molecular weight excluding hydrogens is 328 g/mol. The maximum absolute atomic E-state index is 11.6. The standard InChI is InChI=1S/C18H18O4.2C2H6/c1-11-9-13(17(19)21-3)5-7-15(11)16-8-6-14(10-12(16)2)18(20)22-4;2*1-2/h5-10H,1-4H3;2*1-2H3. The van der Waals surface area contributed by atoms with Crippen molar-refractivity contribution in [1.29, 1.82) is 0 Å². The third-order valence-electron chi connectivity index (χ3n) is 3.59. The lowest BCUT2D eigenvalue weighted by Crippen LogP contribution is -2.03. The van der Waals surface area contributed by atoms with Crippen LogP contribution in [-0.4, -0.2) is 26.2 Å². The third-order valence-corrected chi connectivity index (χ3v) is 3.59. The smallest absolute Gasteiger partial charge is 0.337 e. The van der Waals surface area contributed by atoms with Crippen molar-refractivity contribution in [3.8, 4) is 11.1 Å². The number of carbonyl (C=O) groups excluding carboxylic acids is 2. The van der Waals surface area contributed by atoms with Crippen molar-refractivity contribution in [3.63, 3.8) is 0 Å². The first-order valence-electron chi connectivity index (χ1n) is 8.86. The SMILES string of the molecule is CC.CC.COC(=O)c1ccc(-c2ccc(C(=O)OC)cc2C)c(C)c1. The summed E-state index contributed by atoms with van der Waals surface area (Å²) in [6.07, 6.45) is 0. The fourth-order valence-corrected chi connectivity index (χ4v) is 2.42. The lowest BCUT2D eigenvalue weighted by molar-refractivity contribution is 0.0591. The van der Waals surface area contributed by atoms with Gasteiger partial charge in [0.25, 0.3) is 0 Å². The van der Waals surface area contributed by atoms with Gasteiger partial charge in [-0.25, -0.2) is 9.59 Å². The minimum absolute atomic E-state index is 0.354. The summed E-state index contributed by atoms with van der Waals surface area (Å²) in [5, 5.41) is 0. The highest BCUT2D eigenvalue weighted by atomic mass is 16.5. The zero-order valence-corrected chi connectivity index (χ0v) is 17.1. The van der Waals surface area contributed by atoms with E-state index >= 15 is 0 Å². The molecule has 0 spiro atoms. The summed E-state index contributed by atoms with van der Waals surface area (Å²) in [7, 11) is 2.72. The molecule has 2 aromatic carbocycles. The predicted molar refractivity (Wildman–Crippen MR) is 107 cm³/mol. The van der Waals surface area contributed by atoms with Crippen molar-refractivity contribution in [2.75, 3.05) is 14.2 Å². The first-order chi connectivity index (χ1) is 12.5. The highest BCUT2D eigenvalue weighted by Crippen LogP contribution is 2.28. The van der Waals surface area contributed by atoms with Crippen molar-refractivity contribution in [1.82, 2.24) is 0 Å². The number of hydrogen-bond acceptors (Lipinski definition) is 4. The van der Waals surface area contributed by atoms with Crippen molar-refractivity contribution < 1.29 is 19.1 Å². The highest BCUT2D eigenvalue weighted by molar-refractivity contribution is 5.92. The number of methoxy groups -OCH3 is 2. The van der Waals surface area contributed by atoms with E-state index in [2.05, 4.69) is 0 Å². The molecule has 0 fully saturated rings. The van der Waals surface area contributed by atoms with Crippen LogP contribution in [0.4, 0.5) is 0 Å². The fourth-order valence-electron chi connectivity index (χ4n) is 2.42. The van der Waals surface area contributed by atoms with Crippen LogP contribution in [0.3, 0.4) is 0 Å². The van der Waals surface area contributed by atoms with E-state index in [9.17, 15) is 9.59 Å². The Bertz CT molecular complexity index is 669. The molecule has 0 saturated carbocycles. The molecule has 0 unspecified atom stereocenters. The minimum Gasteiger partial charge on any atom is -0.465 e. The van der Waals surface area contributed by atoms with Crippen LogP contribution in [0.2, 0.25) is 0 Å². The van der Waals surface area contributed by atoms with Crippen LogP contribution in [0.1, 0.15) is 59.5 Å². The van der Waals surface area contributed by atoms with Crippen molar-refractivity contribution in [2.24, 2.45) is 0 Å². The Labute approximate surface area is 157 Å². The van der Waals surface area contributed by atoms with Gasteiger partial charge in [0.1, 0.15) is 0 Å². The molecule has 0 atom stereocenters. The topological polar surface area (TPSA) is 52.6 Å². The number of aryl methyl sites for hydroxylation is 2. The monoisotopic (exact) mass is 358 g/mol. The number of benzene rings is 2. The van der Waals surface area contributed by atoms with Crippen LogP contribution < -0.4 is 0 Å². The molecule has 0 bridgehead atoms. The number of ether oxygens (including phenoxy) is 2. The van der Waals surface area contributed by atoms with Crippen molar-refractivity contribution >= 4 is 11.9 Å². The van der Waals surface area contributed by atoms with Gasteiger partial charge in [-0.15, -0.1) is 0 Å². The number of rotatable bonds is 3. The Hall–Kier alpha value is -2.62. The molecule has 0 heterocycles. The van der Waals surface area contributed by atoms with E-state index in [0.717, 1.165) is 22.3 Å². The van der Waals surface area contributed by atoms with Crippen LogP contribution >= 0.6 is 0 Å². The van der Waals surface area contributed by atoms with Gasteiger partial charge < -0.3 is 9.47 Å². The zero-order valence-electron chi connectivity index (χ0n) is 17.1. The van der Waals surface area contributed by atoms with Crippen molar-refractivity contribution in [2.45, 2.75) is 41.5 Å². The molecule has 4 heteroatoms. The molecule has 0 aliphatic rings. The second kappa shape index (κ2) is 11.9. The molecule has 0 radical (unpaired) electrons. The Morgan fingerprint density at radius 3 is 1.19 bits per heavy atom. The van der Waals surface area contributed by atoms with Crippen LogP contribution in [0, 0.1) is 13.8 Å². The maximum atomic E-state index is 11.6. The Morgan fingerprint density at radius 1 is 0.654 bits per heavy atom. The summed E-state index contributed by atoms with van der Waals surface area (Å²) in [6.45, 7) is 11.9. The van der Waals surface area contributed by atoms with Gasteiger partial charge in [0.05, 0.1) is 25.3 Å². The Kier molecular flexibility index (Phi) is 10.7. The van der Waals surface area contributed by atoms with Gasteiger partial charge in [-0.05, 0) is 60.4 Å². The van der Waals surface area contributed by atoms with Crippen LogP contribution in [-0.2, 0) is 9.47 Å². The molecule has 2 aromatic rings. The molecule has 0 N–H and O–H groups in total. The van der Waals surface area contributed by atoms with E-state index in [1.54, 1.807) is 24.3 Å². The second-order valence-corrected chi connectivity index (χ2v) is 5.04. The normalized spacial score (nSPS) is 9.08. The highest BCUT2D eigenvalue weighted by Gasteiger charge is 2.12.